The normalized spacial score (nSPS) is 30.2. The molecule has 1 aromatic carbocycles. The van der Waals surface area contributed by atoms with Crippen LogP contribution in [0, 0.1) is 17.8 Å². The van der Waals surface area contributed by atoms with Gasteiger partial charge >= 0.3 is 0 Å². The topological polar surface area (TPSA) is 64.7 Å². The Morgan fingerprint density at radius 1 is 1.16 bits per heavy atom. The molecule has 3 aliphatic heterocycles. The van der Waals surface area contributed by atoms with Crippen molar-refractivity contribution in [1.82, 2.24) is 20.7 Å². The Hall–Kier alpha value is -2.51. The third-order valence-electron chi connectivity index (χ3n) is 7.63. The van der Waals surface area contributed by atoms with Gasteiger partial charge in [0.05, 0.1) is 12.0 Å². The summed E-state index contributed by atoms with van der Waals surface area (Å²) in [4.78, 5) is 29.8. The number of hydrogen-bond acceptors (Lipinski definition) is 4. The van der Waals surface area contributed by atoms with Gasteiger partial charge in [0.25, 0.3) is 5.91 Å². The summed E-state index contributed by atoms with van der Waals surface area (Å²) in [5.41, 5.74) is 8.39. The Morgan fingerprint density at radius 3 is 2.81 bits per heavy atom. The molecule has 1 aromatic rings. The Balaban J connectivity index is 1.26. The minimum absolute atomic E-state index is 0.0768. The van der Waals surface area contributed by atoms with Crippen LogP contribution in [0.25, 0.3) is 0 Å². The van der Waals surface area contributed by atoms with Gasteiger partial charge in [-0.25, -0.2) is 9.82 Å². The maximum atomic E-state index is 14.8. The zero-order valence-electron chi connectivity index (χ0n) is 18.5. The van der Waals surface area contributed by atoms with Crippen LogP contribution in [0.2, 0.25) is 0 Å². The number of fused-ring (bicyclic) bond motifs is 2. The molecule has 4 aliphatic rings. The van der Waals surface area contributed by atoms with E-state index in [-0.39, 0.29) is 23.7 Å². The summed E-state index contributed by atoms with van der Waals surface area (Å²) >= 11 is 0. The molecule has 1 aliphatic carbocycles. The highest BCUT2D eigenvalue weighted by atomic mass is 19.1. The third-order valence-corrected chi connectivity index (χ3v) is 7.63. The molecular weight excluding hydrogens is 407 g/mol. The van der Waals surface area contributed by atoms with Crippen LogP contribution in [0.15, 0.2) is 47.8 Å². The predicted octanol–water partition coefficient (Wildman–Crippen LogP) is 2.97. The number of rotatable bonds is 4. The summed E-state index contributed by atoms with van der Waals surface area (Å²) in [7, 11) is 0. The summed E-state index contributed by atoms with van der Waals surface area (Å²) in [5, 5.41) is 0. The lowest BCUT2D eigenvalue weighted by Gasteiger charge is -2.33. The molecule has 4 unspecified atom stereocenters. The SMILES string of the molecule is CCN1CCC2CN(C(=O)C3CC(CC4NNC(=O)c5ccccc54)=CC=C3F)CC2C1. The molecule has 32 heavy (non-hydrogen) atoms. The van der Waals surface area contributed by atoms with Crippen LogP contribution in [0.1, 0.15) is 48.1 Å². The Labute approximate surface area is 188 Å². The van der Waals surface area contributed by atoms with Crippen LogP contribution < -0.4 is 10.9 Å². The summed E-state index contributed by atoms with van der Waals surface area (Å²) in [6.07, 6.45) is 5.37. The second-order valence-electron chi connectivity index (χ2n) is 9.52. The van der Waals surface area contributed by atoms with Crippen molar-refractivity contribution < 1.29 is 14.0 Å². The molecule has 0 radical (unpaired) electrons. The van der Waals surface area contributed by atoms with Crippen molar-refractivity contribution in [2.24, 2.45) is 17.8 Å². The lowest BCUT2D eigenvalue weighted by atomic mass is 9.86. The first-order valence-electron chi connectivity index (χ1n) is 11.7. The third kappa shape index (κ3) is 3.99. The van der Waals surface area contributed by atoms with Gasteiger partial charge in [0.2, 0.25) is 5.91 Å². The van der Waals surface area contributed by atoms with E-state index in [1.807, 2.05) is 29.2 Å². The molecule has 0 bridgehead atoms. The number of carbonyl (C=O) groups excluding carboxylic acids is 2. The highest BCUT2D eigenvalue weighted by Gasteiger charge is 2.41. The van der Waals surface area contributed by atoms with Crippen LogP contribution >= 0.6 is 0 Å². The van der Waals surface area contributed by atoms with Gasteiger partial charge in [0.15, 0.2) is 0 Å². The van der Waals surface area contributed by atoms with Crippen molar-refractivity contribution in [3.05, 3.63) is 58.9 Å². The van der Waals surface area contributed by atoms with Gasteiger partial charge in [-0.3, -0.25) is 15.0 Å². The predicted molar refractivity (Wildman–Crippen MR) is 120 cm³/mol. The molecular formula is C25H31FN4O2. The smallest absolute Gasteiger partial charge is 0.265 e. The van der Waals surface area contributed by atoms with E-state index in [1.165, 1.54) is 6.08 Å². The van der Waals surface area contributed by atoms with E-state index >= 15 is 0 Å². The summed E-state index contributed by atoms with van der Waals surface area (Å²) < 4.78 is 14.8. The maximum Gasteiger partial charge on any atom is 0.265 e. The number of hydrazine groups is 1. The van der Waals surface area contributed by atoms with Gasteiger partial charge in [0.1, 0.15) is 5.83 Å². The number of halogens is 1. The second-order valence-corrected chi connectivity index (χ2v) is 9.52. The van der Waals surface area contributed by atoms with E-state index in [9.17, 15) is 14.0 Å². The Bertz CT molecular complexity index is 974. The highest BCUT2D eigenvalue weighted by Crippen LogP contribution is 2.37. The van der Waals surface area contributed by atoms with Gasteiger partial charge < -0.3 is 9.80 Å². The minimum atomic E-state index is -0.731. The van der Waals surface area contributed by atoms with Crippen LogP contribution in [0.5, 0.6) is 0 Å². The van der Waals surface area contributed by atoms with Gasteiger partial charge in [-0.2, -0.15) is 0 Å². The Kier molecular flexibility index (Phi) is 5.86. The van der Waals surface area contributed by atoms with Crippen molar-refractivity contribution >= 4 is 11.8 Å². The highest BCUT2D eigenvalue weighted by molar-refractivity contribution is 5.96. The second kappa shape index (κ2) is 8.79. The van der Waals surface area contributed by atoms with E-state index < -0.39 is 5.92 Å². The average molecular weight is 439 g/mol. The van der Waals surface area contributed by atoms with Crippen LogP contribution in [0.3, 0.4) is 0 Å². The molecule has 170 valence electrons. The van der Waals surface area contributed by atoms with Crippen LogP contribution in [-0.4, -0.2) is 54.3 Å². The van der Waals surface area contributed by atoms with E-state index in [1.54, 1.807) is 6.08 Å². The molecule has 0 spiro atoms. The van der Waals surface area contributed by atoms with E-state index in [0.29, 0.717) is 30.2 Å². The fraction of sp³-hybridized carbons (Fsp3) is 0.520. The number of piperidine rings is 1. The Morgan fingerprint density at radius 2 is 1.97 bits per heavy atom. The van der Waals surface area contributed by atoms with Crippen LogP contribution in [-0.2, 0) is 4.79 Å². The number of likely N-dealkylation sites (tertiary alicyclic amines) is 2. The molecule has 2 fully saturated rings. The lowest BCUT2D eigenvalue weighted by molar-refractivity contribution is -0.134. The van der Waals surface area contributed by atoms with Crippen molar-refractivity contribution in [2.45, 2.75) is 32.2 Å². The minimum Gasteiger partial charge on any atom is -0.341 e. The summed E-state index contributed by atoms with van der Waals surface area (Å²) in [6.45, 7) is 6.86. The maximum absolute atomic E-state index is 14.8. The number of carbonyl (C=O) groups is 2. The van der Waals surface area contributed by atoms with Crippen molar-refractivity contribution in [3.63, 3.8) is 0 Å². The first-order chi connectivity index (χ1) is 15.5. The van der Waals surface area contributed by atoms with Crippen LogP contribution in [0.4, 0.5) is 4.39 Å². The molecule has 3 heterocycles. The molecule has 2 saturated heterocycles. The number of benzene rings is 1. The number of nitrogens with one attached hydrogen (secondary N) is 2. The fourth-order valence-corrected chi connectivity index (χ4v) is 5.76. The largest absolute Gasteiger partial charge is 0.341 e. The molecule has 5 rings (SSSR count). The molecule has 4 atom stereocenters. The zero-order chi connectivity index (χ0) is 22.2. The molecule has 0 saturated carbocycles. The van der Waals surface area contributed by atoms with E-state index in [0.717, 1.165) is 50.3 Å². The average Bonchev–Trinajstić information content (AvgIpc) is 3.25. The van der Waals surface area contributed by atoms with E-state index in [2.05, 4.69) is 22.7 Å². The van der Waals surface area contributed by atoms with Crippen molar-refractivity contribution in [2.75, 3.05) is 32.7 Å². The zero-order valence-corrected chi connectivity index (χ0v) is 18.5. The van der Waals surface area contributed by atoms with E-state index in [4.69, 9.17) is 0 Å². The van der Waals surface area contributed by atoms with Gasteiger partial charge in [-0.05, 0) is 61.9 Å². The lowest BCUT2D eigenvalue weighted by Crippen LogP contribution is -2.45. The van der Waals surface area contributed by atoms with Gasteiger partial charge in [-0.1, -0.05) is 36.8 Å². The molecule has 0 aromatic heterocycles. The standard InChI is InChI=1S/C25H31FN4O2/c1-2-29-10-9-17-14-30(15-18(17)13-29)25(32)21-11-16(7-8-22(21)26)12-23-19-5-3-4-6-20(19)24(31)28-27-23/h3-8,17-18,21,23,27H,2,9-15H2,1H3,(H,28,31). The number of allylic oxidation sites excluding steroid dienone is 2. The number of amides is 2. The quantitative estimate of drug-likeness (QED) is 0.759. The fourth-order valence-electron chi connectivity index (χ4n) is 5.76. The first kappa shape index (κ1) is 21.3. The number of hydrogen-bond donors (Lipinski definition) is 2. The molecule has 2 N–H and O–H groups in total. The van der Waals surface area contributed by atoms with Gasteiger partial charge in [-0.15, -0.1) is 0 Å². The molecule has 7 heteroatoms. The van der Waals surface area contributed by atoms with Crippen molar-refractivity contribution in [1.29, 1.82) is 0 Å². The summed E-state index contributed by atoms with van der Waals surface area (Å²) in [5.74, 6) is -0.249. The monoisotopic (exact) mass is 438 g/mol. The number of nitrogens with zero attached hydrogens (tertiary/aromatic N) is 2. The molecule has 2 amide bonds. The van der Waals surface area contributed by atoms with Crippen molar-refractivity contribution in [3.8, 4) is 0 Å². The first-order valence-corrected chi connectivity index (χ1v) is 11.7. The van der Waals surface area contributed by atoms with Gasteiger partial charge in [0, 0.05) is 25.2 Å². The molecule has 6 nitrogen and oxygen atoms in total. The summed E-state index contributed by atoms with van der Waals surface area (Å²) in [6, 6.07) is 7.42.